The fraction of sp³-hybridized carbons (Fsp3) is 0.333. The highest BCUT2D eigenvalue weighted by Gasteiger charge is 2.26. The average Bonchev–Trinajstić information content (AvgIpc) is 3.41. The molecule has 10 heteroatoms. The highest BCUT2D eigenvalue weighted by molar-refractivity contribution is 8.02. The largest absolute Gasteiger partial charge is 0.508 e. The lowest BCUT2D eigenvalue weighted by molar-refractivity contribution is -0.138. The first-order chi connectivity index (χ1) is 17.7. The maximum absolute atomic E-state index is 12.9. The Hall–Kier alpha value is -3.79. The number of phenolic OH excluding ortho intramolecular Hbond substituents is 1. The van der Waals surface area contributed by atoms with Crippen LogP contribution in [0.15, 0.2) is 60.0 Å². The second-order valence-electron chi connectivity index (χ2n) is 8.86. The number of carbonyl (C=O) groups is 4. The predicted octanol–water partition coefficient (Wildman–Crippen LogP) is 2.58. The number of carboxylic acid groups (broad SMARTS) is 1. The molecule has 0 spiro atoms. The molecule has 0 bridgehead atoms. The van der Waals surface area contributed by atoms with Gasteiger partial charge in [0.2, 0.25) is 17.7 Å². The second kappa shape index (κ2) is 13.5. The zero-order chi connectivity index (χ0) is 26.8. The first kappa shape index (κ1) is 27.8. The zero-order valence-electron chi connectivity index (χ0n) is 20.3. The van der Waals surface area contributed by atoms with E-state index in [1.165, 1.54) is 17.7 Å². The highest BCUT2D eigenvalue weighted by Crippen LogP contribution is 2.38. The number of aliphatic carboxylic acids is 1. The van der Waals surface area contributed by atoms with Crippen LogP contribution in [0.2, 0.25) is 0 Å². The van der Waals surface area contributed by atoms with Gasteiger partial charge in [0.05, 0.1) is 0 Å². The van der Waals surface area contributed by atoms with E-state index in [0.717, 1.165) is 12.0 Å². The summed E-state index contributed by atoms with van der Waals surface area (Å²) in [6.45, 7) is 0. The van der Waals surface area contributed by atoms with Crippen LogP contribution in [0, 0.1) is 0 Å². The fourth-order valence-electron chi connectivity index (χ4n) is 3.92. The Morgan fingerprint density at radius 2 is 1.62 bits per heavy atom. The van der Waals surface area contributed by atoms with E-state index in [1.807, 2.05) is 12.1 Å². The molecule has 1 heterocycles. The molecule has 2 aromatic carbocycles. The van der Waals surface area contributed by atoms with Crippen molar-refractivity contribution in [3.05, 3.63) is 76.7 Å². The number of nitrogens with one attached hydrogen (secondary N) is 2. The number of amides is 3. The van der Waals surface area contributed by atoms with E-state index < -0.39 is 35.8 Å². The van der Waals surface area contributed by atoms with E-state index in [2.05, 4.69) is 34.3 Å². The minimum absolute atomic E-state index is 0.0564. The van der Waals surface area contributed by atoms with E-state index in [-0.39, 0.29) is 31.4 Å². The number of phenols is 1. The average molecular weight is 526 g/mol. The quantitative estimate of drug-likeness (QED) is 0.269. The van der Waals surface area contributed by atoms with Crippen LogP contribution in [0.5, 0.6) is 5.75 Å². The van der Waals surface area contributed by atoms with E-state index in [0.29, 0.717) is 17.2 Å². The molecule has 0 aromatic heterocycles. The smallest absolute Gasteiger partial charge is 0.303 e. The van der Waals surface area contributed by atoms with Crippen molar-refractivity contribution in [2.75, 3.05) is 0 Å². The maximum atomic E-state index is 12.9. The Kier molecular flexibility index (Phi) is 10.1. The van der Waals surface area contributed by atoms with Crippen molar-refractivity contribution in [1.82, 2.24) is 10.6 Å². The van der Waals surface area contributed by atoms with Crippen molar-refractivity contribution in [3.8, 4) is 5.75 Å². The summed E-state index contributed by atoms with van der Waals surface area (Å²) in [6, 6.07) is 11.9. The lowest BCUT2D eigenvalue weighted by Crippen LogP contribution is -2.53. The fourth-order valence-corrected chi connectivity index (χ4v) is 4.87. The number of aryl methyl sites for hydroxylation is 1. The van der Waals surface area contributed by atoms with Gasteiger partial charge in [-0.3, -0.25) is 19.2 Å². The van der Waals surface area contributed by atoms with Gasteiger partial charge in [0.25, 0.3) is 0 Å². The zero-order valence-corrected chi connectivity index (χ0v) is 21.1. The first-order valence-corrected chi connectivity index (χ1v) is 12.9. The summed E-state index contributed by atoms with van der Waals surface area (Å²) in [5.41, 5.74) is 8.32. The second-order valence-corrected chi connectivity index (χ2v) is 9.97. The summed E-state index contributed by atoms with van der Waals surface area (Å²) in [4.78, 5) is 48.6. The van der Waals surface area contributed by atoms with Gasteiger partial charge >= 0.3 is 5.97 Å². The van der Waals surface area contributed by atoms with Gasteiger partial charge < -0.3 is 26.6 Å². The lowest BCUT2D eigenvalue weighted by atomic mass is 10.0. The molecular weight excluding hydrogens is 494 g/mol. The van der Waals surface area contributed by atoms with Crippen LogP contribution in [0.3, 0.4) is 0 Å². The molecule has 9 nitrogen and oxygen atoms in total. The Balaban J connectivity index is 1.57. The number of carbonyl (C=O) groups excluding carboxylic acids is 3. The van der Waals surface area contributed by atoms with Crippen molar-refractivity contribution < 1.29 is 29.4 Å². The SMILES string of the molecule is NC(=O)[C@H](Cc1ccc(O)cc1)NC(=O)[C@H](CCC(=O)O)NC(=O)CCc1ccc(C2CC=CS2)cc1. The minimum Gasteiger partial charge on any atom is -0.508 e. The van der Waals surface area contributed by atoms with Crippen LogP contribution in [0.1, 0.15) is 47.6 Å². The summed E-state index contributed by atoms with van der Waals surface area (Å²) < 4.78 is 0. The molecule has 3 amide bonds. The van der Waals surface area contributed by atoms with Crippen LogP contribution < -0.4 is 16.4 Å². The van der Waals surface area contributed by atoms with Crippen LogP contribution in [0.25, 0.3) is 0 Å². The van der Waals surface area contributed by atoms with E-state index in [1.54, 1.807) is 23.9 Å². The molecule has 37 heavy (non-hydrogen) atoms. The number of thioether (sulfide) groups is 1. The molecule has 0 radical (unpaired) electrons. The van der Waals surface area contributed by atoms with Gasteiger partial charge in [-0.25, -0.2) is 0 Å². The van der Waals surface area contributed by atoms with Gasteiger partial charge in [0.1, 0.15) is 17.8 Å². The van der Waals surface area contributed by atoms with Crippen molar-refractivity contribution >= 4 is 35.5 Å². The van der Waals surface area contributed by atoms with E-state index >= 15 is 0 Å². The number of benzene rings is 2. The van der Waals surface area contributed by atoms with Crippen LogP contribution in [-0.2, 0) is 32.0 Å². The monoisotopic (exact) mass is 525 g/mol. The van der Waals surface area contributed by atoms with E-state index in [4.69, 9.17) is 10.8 Å². The molecule has 1 aliphatic heterocycles. The van der Waals surface area contributed by atoms with Gasteiger partial charge in [0.15, 0.2) is 0 Å². The number of nitrogens with two attached hydrogens (primary N) is 1. The van der Waals surface area contributed by atoms with Crippen LogP contribution in [0.4, 0.5) is 0 Å². The van der Waals surface area contributed by atoms with Gasteiger partial charge in [-0.1, -0.05) is 42.5 Å². The lowest BCUT2D eigenvalue weighted by Gasteiger charge is -2.22. The van der Waals surface area contributed by atoms with E-state index in [9.17, 15) is 24.3 Å². The van der Waals surface area contributed by atoms with Gasteiger partial charge in [-0.05, 0) is 53.5 Å². The molecule has 0 fully saturated rings. The summed E-state index contributed by atoms with van der Waals surface area (Å²) in [7, 11) is 0. The summed E-state index contributed by atoms with van der Waals surface area (Å²) in [6.07, 6.45) is 3.31. The van der Waals surface area contributed by atoms with Crippen molar-refractivity contribution in [2.45, 2.75) is 55.9 Å². The third-order valence-electron chi connectivity index (χ3n) is 6.02. The molecule has 6 N–H and O–H groups in total. The number of primary amides is 1. The third-order valence-corrected chi connectivity index (χ3v) is 7.16. The van der Waals surface area contributed by atoms with Gasteiger partial charge in [-0.15, -0.1) is 11.8 Å². The number of allylic oxidation sites excluding steroid dienone is 1. The summed E-state index contributed by atoms with van der Waals surface area (Å²) in [5, 5.41) is 26.1. The molecule has 0 saturated carbocycles. The molecule has 0 aliphatic carbocycles. The molecule has 196 valence electrons. The Bertz CT molecular complexity index is 1130. The highest BCUT2D eigenvalue weighted by atomic mass is 32.2. The topological polar surface area (TPSA) is 159 Å². The van der Waals surface area contributed by atoms with Gasteiger partial charge in [-0.2, -0.15) is 0 Å². The summed E-state index contributed by atoms with van der Waals surface area (Å²) in [5.74, 6) is -2.93. The Morgan fingerprint density at radius 1 is 0.946 bits per heavy atom. The number of rotatable bonds is 13. The number of carboxylic acids is 1. The number of hydrogen-bond acceptors (Lipinski definition) is 6. The van der Waals surface area contributed by atoms with Crippen molar-refractivity contribution in [1.29, 1.82) is 0 Å². The van der Waals surface area contributed by atoms with Gasteiger partial charge in [0, 0.05) is 24.5 Å². The maximum Gasteiger partial charge on any atom is 0.303 e. The third kappa shape index (κ3) is 8.98. The molecular formula is C27H31N3O6S. The predicted molar refractivity (Wildman–Crippen MR) is 141 cm³/mol. The van der Waals surface area contributed by atoms with Crippen molar-refractivity contribution in [3.63, 3.8) is 0 Å². The normalized spacial score (nSPS) is 16.1. The number of hydrogen-bond donors (Lipinski definition) is 5. The molecule has 3 rings (SSSR count). The Morgan fingerprint density at radius 3 is 2.22 bits per heavy atom. The Labute approximate surface area is 219 Å². The van der Waals surface area contributed by atoms with Crippen LogP contribution in [-0.4, -0.2) is 46.0 Å². The molecule has 3 atom stereocenters. The first-order valence-electron chi connectivity index (χ1n) is 12.0. The number of aromatic hydroxyl groups is 1. The standard InChI is InChI=1S/C27H31N3O6S/c28-26(35)22(16-18-5-10-20(31)11-6-18)30-27(36)21(12-14-25(33)34)29-24(32)13-7-17-3-8-19(9-4-17)23-2-1-15-37-23/h1,3-6,8-11,15,21-23,31H,2,7,12-14,16H2,(H2,28,35)(H,29,32)(H,30,36)(H,33,34)/t21-,22-,23?/m0/s1. The minimum atomic E-state index is -1.14. The van der Waals surface area contributed by atoms with Crippen molar-refractivity contribution in [2.24, 2.45) is 5.73 Å². The molecule has 1 unspecified atom stereocenters. The molecule has 1 aliphatic rings. The summed E-state index contributed by atoms with van der Waals surface area (Å²) >= 11 is 1.78. The van der Waals surface area contributed by atoms with Crippen LogP contribution >= 0.6 is 11.8 Å². The molecule has 0 saturated heterocycles. The molecule has 2 aromatic rings.